The lowest BCUT2D eigenvalue weighted by Gasteiger charge is -2.25. The van der Waals surface area contributed by atoms with Gasteiger partial charge in [0.1, 0.15) is 17.0 Å². The van der Waals surface area contributed by atoms with Crippen LogP contribution in [0, 0.1) is 11.7 Å². The van der Waals surface area contributed by atoms with Crippen LogP contribution in [0.15, 0.2) is 54.7 Å². The highest BCUT2D eigenvalue weighted by molar-refractivity contribution is 6.05. The second-order valence-electron chi connectivity index (χ2n) is 6.81. The summed E-state index contributed by atoms with van der Waals surface area (Å²) >= 11 is 0. The van der Waals surface area contributed by atoms with Crippen LogP contribution in [0.2, 0.25) is 0 Å². The highest BCUT2D eigenvalue weighted by Crippen LogP contribution is 2.34. The Morgan fingerprint density at radius 3 is 2.65 bits per heavy atom. The van der Waals surface area contributed by atoms with E-state index < -0.39 is 0 Å². The third-order valence-electron chi connectivity index (χ3n) is 5.13. The molecule has 0 atom stereocenters. The van der Waals surface area contributed by atoms with Gasteiger partial charge in [-0.2, -0.15) is 9.78 Å². The molecule has 5 rings (SSSR count). The van der Waals surface area contributed by atoms with Gasteiger partial charge in [-0.25, -0.2) is 4.39 Å². The molecule has 2 aromatic carbocycles. The topological polar surface area (TPSA) is 39.9 Å². The summed E-state index contributed by atoms with van der Waals surface area (Å²) < 4.78 is 22.2. The highest BCUT2D eigenvalue weighted by Gasteiger charge is 2.22. The average Bonchev–Trinajstić information content (AvgIpc) is 3.00. The molecule has 2 aromatic heterocycles. The molecule has 1 aliphatic rings. The Bertz CT molecular complexity index is 1100. The number of para-hydroxylation sites is 2. The van der Waals surface area contributed by atoms with Crippen LogP contribution in [0.25, 0.3) is 27.5 Å². The van der Waals surface area contributed by atoms with Crippen molar-refractivity contribution in [3.63, 3.8) is 0 Å². The lowest BCUT2D eigenvalue weighted by Crippen LogP contribution is -2.20. The highest BCUT2D eigenvalue weighted by atomic mass is 19.1. The van der Waals surface area contributed by atoms with Crippen molar-refractivity contribution in [2.45, 2.75) is 19.3 Å². The molecule has 26 heavy (non-hydrogen) atoms. The van der Waals surface area contributed by atoms with Crippen molar-refractivity contribution in [1.82, 2.24) is 14.8 Å². The second-order valence-corrected chi connectivity index (χ2v) is 6.81. The van der Waals surface area contributed by atoms with Crippen LogP contribution in [0.3, 0.4) is 0 Å². The number of halogens is 1. The largest absolute Gasteiger partial charge is 0.477 e. The van der Waals surface area contributed by atoms with Crippen molar-refractivity contribution in [2.24, 2.45) is 5.92 Å². The maximum Gasteiger partial charge on any atom is 0.226 e. The molecule has 0 aliphatic heterocycles. The molecule has 0 amide bonds. The van der Waals surface area contributed by atoms with E-state index in [0.29, 0.717) is 24.1 Å². The first-order valence-electron chi connectivity index (χ1n) is 8.95. The molecule has 1 saturated carbocycles. The molecule has 1 aliphatic carbocycles. The number of ether oxygens (including phenoxy) is 1. The van der Waals surface area contributed by atoms with Gasteiger partial charge in [0.2, 0.25) is 5.88 Å². The maximum absolute atomic E-state index is 14.4. The summed E-state index contributed by atoms with van der Waals surface area (Å²) in [7, 11) is 0. The molecule has 0 bridgehead atoms. The molecule has 0 N–H and O–H groups in total. The van der Waals surface area contributed by atoms with Crippen molar-refractivity contribution in [3.8, 4) is 11.6 Å². The van der Waals surface area contributed by atoms with Crippen LogP contribution >= 0.6 is 0 Å². The molecule has 1 fully saturated rings. The molecule has 0 radical (unpaired) electrons. The van der Waals surface area contributed by atoms with Crippen molar-refractivity contribution >= 4 is 21.8 Å². The van der Waals surface area contributed by atoms with Gasteiger partial charge >= 0.3 is 0 Å². The lowest BCUT2D eigenvalue weighted by molar-refractivity contribution is 0.173. The minimum absolute atomic E-state index is 0.328. The first kappa shape index (κ1) is 15.3. The number of rotatable bonds is 4. The van der Waals surface area contributed by atoms with Gasteiger partial charge in [-0.3, -0.25) is 4.98 Å². The molecule has 0 unspecified atom stereocenters. The van der Waals surface area contributed by atoms with Gasteiger partial charge in [-0.15, -0.1) is 0 Å². The Labute approximate surface area is 150 Å². The molecule has 5 heteroatoms. The monoisotopic (exact) mass is 347 g/mol. The number of benzene rings is 2. The van der Waals surface area contributed by atoms with E-state index in [2.05, 4.69) is 4.98 Å². The smallest absolute Gasteiger partial charge is 0.226 e. The van der Waals surface area contributed by atoms with Gasteiger partial charge < -0.3 is 4.74 Å². The predicted molar refractivity (Wildman–Crippen MR) is 99.2 cm³/mol. The van der Waals surface area contributed by atoms with Crippen LogP contribution in [0.5, 0.6) is 5.88 Å². The summed E-state index contributed by atoms with van der Waals surface area (Å²) in [6.45, 7) is 0.627. The van der Waals surface area contributed by atoms with Crippen LogP contribution in [0.1, 0.15) is 19.3 Å². The third-order valence-corrected chi connectivity index (χ3v) is 5.13. The van der Waals surface area contributed by atoms with Gasteiger partial charge in [0.15, 0.2) is 0 Å². The number of hydrogen-bond acceptors (Lipinski definition) is 3. The predicted octanol–water partition coefficient (Wildman–Crippen LogP) is 4.89. The molecule has 130 valence electrons. The molecule has 2 heterocycles. The summed E-state index contributed by atoms with van der Waals surface area (Å²) in [6, 6.07) is 14.5. The number of nitrogens with zero attached hydrogens (tertiary/aromatic N) is 3. The molecule has 4 nitrogen and oxygen atoms in total. The number of fused-ring (bicyclic) bond motifs is 3. The average molecular weight is 347 g/mol. The zero-order chi connectivity index (χ0) is 17.5. The number of pyridine rings is 1. The van der Waals surface area contributed by atoms with Crippen LogP contribution in [-0.4, -0.2) is 21.4 Å². The standard InChI is InChI=1S/C21H18FN3O/c22-17-9-2-4-11-19(17)25-21(26-13-14-6-5-7-14)16-12-23-18-10-3-1-8-15(18)20(16)24-25/h1-4,8-12,14H,5-7,13H2. The summed E-state index contributed by atoms with van der Waals surface area (Å²) in [4.78, 5) is 4.53. The summed E-state index contributed by atoms with van der Waals surface area (Å²) in [5, 5.41) is 6.46. The van der Waals surface area contributed by atoms with Gasteiger partial charge in [0.25, 0.3) is 0 Å². The van der Waals surface area contributed by atoms with E-state index in [9.17, 15) is 4.39 Å². The molecule has 0 saturated heterocycles. The molecule has 0 spiro atoms. The van der Waals surface area contributed by atoms with E-state index in [0.717, 1.165) is 21.8 Å². The normalized spacial score (nSPS) is 14.7. The van der Waals surface area contributed by atoms with E-state index in [1.54, 1.807) is 29.1 Å². The summed E-state index contributed by atoms with van der Waals surface area (Å²) in [6.07, 6.45) is 5.41. The number of hydrogen-bond donors (Lipinski definition) is 0. The zero-order valence-electron chi connectivity index (χ0n) is 14.2. The third kappa shape index (κ3) is 2.43. The van der Waals surface area contributed by atoms with Crippen molar-refractivity contribution in [3.05, 3.63) is 60.5 Å². The Morgan fingerprint density at radius 2 is 1.85 bits per heavy atom. The summed E-state index contributed by atoms with van der Waals surface area (Å²) in [5.74, 6) is 0.809. The SMILES string of the molecule is Fc1ccccc1-n1nc2c(cnc3ccccc32)c1OCC1CCC1. The summed E-state index contributed by atoms with van der Waals surface area (Å²) in [5.41, 5.74) is 2.03. The van der Waals surface area contributed by atoms with Gasteiger partial charge in [0, 0.05) is 11.6 Å². The maximum atomic E-state index is 14.4. The molecular formula is C21H18FN3O. The fourth-order valence-corrected chi connectivity index (χ4v) is 3.43. The number of aromatic nitrogens is 3. The van der Waals surface area contributed by atoms with Crippen molar-refractivity contribution in [2.75, 3.05) is 6.61 Å². The lowest BCUT2D eigenvalue weighted by atomic mass is 9.86. The Balaban J connectivity index is 1.72. The van der Waals surface area contributed by atoms with Crippen molar-refractivity contribution in [1.29, 1.82) is 0 Å². The van der Waals surface area contributed by atoms with E-state index in [1.807, 2.05) is 24.3 Å². The van der Waals surface area contributed by atoms with E-state index >= 15 is 0 Å². The second kappa shape index (κ2) is 6.09. The van der Waals surface area contributed by atoms with E-state index in [1.165, 1.54) is 25.3 Å². The van der Waals surface area contributed by atoms with Gasteiger partial charge in [-0.05, 0) is 37.0 Å². The van der Waals surface area contributed by atoms with Gasteiger partial charge in [0.05, 0.1) is 17.5 Å². The Morgan fingerprint density at radius 1 is 1.04 bits per heavy atom. The van der Waals surface area contributed by atoms with Gasteiger partial charge in [-0.1, -0.05) is 36.8 Å². The fourth-order valence-electron chi connectivity index (χ4n) is 3.43. The minimum atomic E-state index is -0.328. The first-order valence-corrected chi connectivity index (χ1v) is 8.95. The van der Waals surface area contributed by atoms with E-state index in [4.69, 9.17) is 9.84 Å². The Kier molecular flexibility index (Phi) is 3.59. The van der Waals surface area contributed by atoms with Crippen molar-refractivity contribution < 1.29 is 9.13 Å². The Hall–Kier alpha value is -2.95. The minimum Gasteiger partial charge on any atom is -0.477 e. The first-order chi connectivity index (χ1) is 12.8. The van der Waals surface area contributed by atoms with Crippen LogP contribution in [-0.2, 0) is 0 Å². The molecule has 4 aromatic rings. The van der Waals surface area contributed by atoms with Crippen LogP contribution in [0.4, 0.5) is 4.39 Å². The van der Waals surface area contributed by atoms with Crippen LogP contribution < -0.4 is 4.74 Å². The zero-order valence-corrected chi connectivity index (χ0v) is 14.2. The molecular weight excluding hydrogens is 329 g/mol. The van der Waals surface area contributed by atoms with E-state index in [-0.39, 0.29) is 5.82 Å². The quantitative estimate of drug-likeness (QED) is 0.527. The fraction of sp³-hybridized carbons (Fsp3) is 0.238.